The second kappa shape index (κ2) is 11.2. The molecule has 0 saturated heterocycles. The van der Waals surface area contributed by atoms with Crippen molar-refractivity contribution in [3.8, 4) is 0 Å². The van der Waals surface area contributed by atoms with Gasteiger partial charge < -0.3 is 11.1 Å². The number of hydrogen-bond acceptors (Lipinski definition) is 7. The second-order valence-electron chi connectivity index (χ2n) is 12.8. The average molecular weight is 577 g/mol. The molecule has 2 heterocycles. The summed E-state index contributed by atoms with van der Waals surface area (Å²) >= 11 is 8.72. The van der Waals surface area contributed by atoms with Gasteiger partial charge in [0.25, 0.3) is 0 Å². The quantitative estimate of drug-likeness (QED) is 0.366. The van der Waals surface area contributed by atoms with Crippen molar-refractivity contribution in [2.24, 2.45) is 46.3 Å². The lowest BCUT2D eigenvalue weighted by molar-refractivity contribution is -0.140. The Balaban J connectivity index is 0.000000129. The molecule has 0 spiro atoms. The summed E-state index contributed by atoms with van der Waals surface area (Å²) in [7, 11) is 0. The molecule has 3 N–H and O–H groups in total. The van der Waals surface area contributed by atoms with E-state index in [1.807, 2.05) is 10.8 Å². The molecule has 8 fully saturated rings. The van der Waals surface area contributed by atoms with Gasteiger partial charge in [0.2, 0.25) is 11.1 Å². The number of nitrogen functional groups attached to an aromatic ring is 1. The highest BCUT2D eigenvalue weighted by Gasteiger charge is 2.55. The highest BCUT2D eigenvalue weighted by atomic mass is 35.5. The summed E-state index contributed by atoms with van der Waals surface area (Å²) in [5, 5.41) is 8.16. The van der Waals surface area contributed by atoms with Crippen molar-refractivity contribution in [1.82, 2.24) is 9.97 Å². The van der Waals surface area contributed by atoms with Crippen molar-refractivity contribution < 1.29 is 9.59 Å². The Labute approximate surface area is 239 Å². The van der Waals surface area contributed by atoms with Crippen LogP contribution in [0.2, 0.25) is 0 Å². The molecule has 2 aromatic heterocycles. The topological polar surface area (TPSA) is 98.0 Å². The summed E-state index contributed by atoms with van der Waals surface area (Å²) in [5.74, 6) is 5.18. The van der Waals surface area contributed by atoms with E-state index in [2.05, 4.69) is 15.3 Å². The van der Waals surface area contributed by atoms with Gasteiger partial charge in [0, 0.05) is 28.6 Å². The number of anilines is 2. The molecule has 9 heteroatoms. The van der Waals surface area contributed by atoms with Crippen LogP contribution >= 0.6 is 34.3 Å². The van der Waals surface area contributed by atoms with Gasteiger partial charge >= 0.3 is 0 Å². The van der Waals surface area contributed by atoms with Gasteiger partial charge in [-0.1, -0.05) is 7.43 Å². The number of aromatic nitrogens is 2. The minimum atomic E-state index is -0.0731. The van der Waals surface area contributed by atoms with E-state index >= 15 is 0 Å². The molecule has 208 valence electrons. The van der Waals surface area contributed by atoms with E-state index in [0.29, 0.717) is 5.13 Å². The van der Waals surface area contributed by atoms with E-state index in [9.17, 15) is 9.59 Å². The fraction of sp³-hybridized carbons (Fsp3) is 0.724. The normalized spacial score (nSPS) is 38.8. The number of thiazole rings is 2. The molecular weight excluding hydrogens is 536 g/mol. The molecular formula is C29H41ClN4O2S2. The summed E-state index contributed by atoms with van der Waals surface area (Å²) in [4.78, 5) is 32.0. The third kappa shape index (κ3) is 5.68. The number of halogens is 1. The van der Waals surface area contributed by atoms with Crippen LogP contribution < -0.4 is 11.1 Å². The van der Waals surface area contributed by atoms with Crippen LogP contribution in [0.25, 0.3) is 0 Å². The Hall–Kier alpha value is -1.51. The predicted octanol–water partition coefficient (Wildman–Crippen LogP) is 7.63. The van der Waals surface area contributed by atoms with E-state index in [1.165, 1.54) is 61.2 Å². The first-order valence-corrected chi connectivity index (χ1v) is 16.0. The summed E-state index contributed by atoms with van der Waals surface area (Å²) in [6.07, 6.45) is 18.4. The van der Waals surface area contributed by atoms with Crippen LogP contribution in [0.3, 0.4) is 0 Å². The van der Waals surface area contributed by atoms with Gasteiger partial charge in [-0.05, 0) is 124 Å². The molecule has 10 rings (SSSR count). The van der Waals surface area contributed by atoms with Crippen LogP contribution in [0.4, 0.5) is 10.3 Å². The van der Waals surface area contributed by atoms with E-state index in [1.54, 1.807) is 12.4 Å². The number of carbonyl (C=O) groups is 2. The zero-order valence-electron chi connectivity index (χ0n) is 21.2. The molecule has 2 aromatic rings. The molecule has 0 aromatic carbocycles. The van der Waals surface area contributed by atoms with Gasteiger partial charge in [0.05, 0.1) is 5.41 Å². The van der Waals surface area contributed by atoms with Crippen molar-refractivity contribution >= 4 is 55.7 Å². The Morgan fingerprint density at radius 2 is 1.18 bits per heavy atom. The standard InChI is InChI=1S/C14H18N2OS.C11H15ClO.C3H4N2S.CH4/c17-12(16-13-15-1-2-18-13)14-6-9-3-10(7-14)5-11(4-9)8-14;12-10(13)11-4-7-1-8(5-11)3-9(2-7)6-11;4-3-5-1-2-6-3;/h1-2,9-11H,3-8H2,(H,15,16,17);7-9H,1-6H2;1-2H,(H2,4,5);1H4. The lowest BCUT2D eigenvalue weighted by atomic mass is 9.49. The maximum Gasteiger partial charge on any atom is 0.232 e. The number of carbonyl (C=O) groups excluding carboxylic acids is 2. The summed E-state index contributed by atoms with van der Waals surface area (Å²) in [6, 6.07) is 0. The van der Waals surface area contributed by atoms with Crippen LogP contribution in [0.5, 0.6) is 0 Å². The molecule has 0 aliphatic heterocycles. The van der Waals surface area contributed by atoms with E-state index in [4.69, 9.17) is 17.3 Å². The maximum absolute atomic E-state index is 12.6. The van der Waals surface area contributed by atoms with Crippen LogP contribution in [-0.4, -0.2) is 21.1 Å². The van der Waals surface area contributed by atoms with Crippen molar-refractivity contribution in [2.45, 2.75) is 84.5 Å². The first-order chi connectivity index (χ1) is 17.8. The average Bonchev–Trinajstić information content (AvgIpc) is 3.52. The number of rotatable bonds is 3. The smallest absolute Gasteiger partial charge is 0.232 e. The summed E-state index contributed by atoms with van der Waals surface area (Å²) in [5.41, 5.74) is 5.06. The fourth-order valence-electron chi connectivity index (χ4n) is 9.49. The molecule has 0 radical (unpaired) electrons. The zero-order valence-corrected chi connectivity index (χ0v) is 23.6. The first kappa shape index (κ1) is 28.0. The number of hydrogen-bond donors (Lipinski definition) is 2. The van der Waals surface area contributed by atoms with Gasteiger partial charge in [0.1, 0.15) is 0 Å². The van der Waals surface area contributed by atoms with Crippen molar-refractivity contribution in [1.29, 1.82) is 0 Å². The third-order valence-corrected chi connectivity index (χ3v) is 11.8. The molecule has 8 saturated carbocycles. The van der Waals surface area contributed by atoms with Crippen LogP contribution in [-0.2, 0) is 9.59 Å². The van der Waals surface area contributed by atoms with Crippen LogP contribution in [0, 0.1) is 46.3 Å². The van der Waals surface area contributed by atoms with Gasteiger partial charge in [-0.3, -0.25) is 9.59 Å². The largest absolute Gasteiger partial charge is 0.375 e. The van der Waals surface area contributed by atoms with E-state index in [-0.39, 0.29) is 29.4 Å². The number of nitrogens with two attached hydrogens (primary N) is 1. The van der Waals surface area contributed by atoms with E-state index in [0.717, 1.165) is 79.2 Å². The Morgan fingerprint density at radius 3 is 1.50 bits per heavy atom. The molecule has 6 nitrogen and oxygen atoms in total. The molecule has 1 amide bonds. The lowest BCUT2D eigenvalue weighted by Crippen LogP contribution is -2.51. The highest BCUT2D eigenvalue weighted by Crippen LogP contribution is 2.61. The second-order valence-corrected chi connectivity index (χ2v) is 15.0. The Kier molecular flexibility index (Phi) is 8.24. The maximum atomic E-state index is 12.6. The fourth-order valence-corrected chi connectivity index (χ4v) is 10.6. The summed E-state index contributed by atoms with van der Waals surface area (Å²) < 4.78 is 0. The number of nitrogens with one attached hydrogen (secondary N) is 1. The lowest BCUT2D eigenvalue weighted by Gasteiger charge is -2.55. The molecule has 8 aliphatic carbocycles. The van der Waals surface area contributed by atoms with E-state index < -0.39 is 0 Å². The SMILES string of the molecule is C.Nc1nccs1.O=C(Cl)C12CC3CC(CC(C3)C1)C2.O=C(Nc1nccs1)C12CC3CC(CC(C3)C1)C2. The number of amides is 1. The molecule has 38 heavy (non-hydrogen) atoms. The monoisotopic (exact) mass is 576 g/mol. The third-order valence-electron chi connectivity index (χ3n) is 10.1. The number of nitrogens with zero attached hydrogens (tertiary/aromatic N) is 2. The minimum absolute atomic E-state index is 0. The van der Waals surface area contributed by atoms with Crippen molar-refractivity contribution in [2.75, 3.05) is 11.1 Å². The van der Waals surface area contributed by atoms with Crippen LogP contribution in [0.15, 0.2) is 23.2 Å². The molecule has 8 bridgehead atoms. The van der Waals surface area contributed by atoms with Crippen LogP contribution in [0.1, 0.15) is 84.5 Å². The van der Waals surface area contributed by atoms with Gasteiger partial charge in [-0.2, -0.15) is 0 Å². The highest BCUT2D eigenvalue weighted by molar-refractivity contribution is 7.13. The Morgan fingerprint density at radius 1 is 0.763 bits per heavy atom. The first-order valence-electron chi connectivity index (χ1n) is 13.9. The molecule has 0 unspecified atom stereocenters. The minimum Gasteiger partial charge on any atom is -0.375 e. The predicted molar refractivity (Wildman–Crippen MR) is 156 cm³/mol. The van der Waals surface area contributed by atoms with Gasteiger partial charge in [-0.15, -0.1) is 22.7 Å². The Bertz CT molecular complexity index is 1030. The zero-order chi connectivity index (χ0) is 25.6. The molecule has 0 atom stereocenters. The van der Waals surface area contributed by atoms with Gasteiger partial charge in [0.15, 0.2) is 10.3 Å². The van der Waals surface area contributed by atoms with Crippen molar-refractivity contribution in [3.63, 3.8) is 0 Å². The molecule has 8 aliphatic rings. The van der Waals surface area contributed by atoms with Crippen molar-refractivity contribution in [3.05, 3.63) is 23.2 Å². The van der Waals surface area contributed by atoms with Gasteiger partial charge in [-0.25, -0.2) is 9.97 Å². The summed E-state index contributed by atoms with van der Waals surface area (Å²) in [6.45, 7) is 0.